The zero-order chi connectivity index (χ0) is 22.5. The van der Waals surface area contributed by atoms with E-state index in [1.54, 1.807) is 19.1 Å². The van der Waals surface area contributed by atoms with E-state index in [0.717, 1.165) is 11.3 Å². The highest BCUT2D eigenvalue weighted by Crippen LogP contribution is 2.22. The SMILES string of the molecule is CCOC(=O)c1ccc2c(c1)sc(=NC(=O)c1ccccc1[N+](=O)[O-])n2CC(=O)OC. The fraction of sp³-hybridized carbons (Fsp3) is 0.200. The molecule has 3 rings (SSSR count). The lowest BCUT2D eigenvalue weighted by atomic mass is 10.2. The van der Waals surface area contributed by atoms with Gasteiger partial charge in [-0.25, -0.2) is 4.79 Å². The van der Waals surface area contributed by atoms with Crippen molar-refractivity contribution in [2.45, 2.75) is 13.5 Å². The molecule has 10 nitrogen and oxygen atoms in total. The van der Waals surface area contributed by atoms with Gasteiger partial charge in [0.15, 0.2) is 4.80 Å². The van der Waals surface area contributed by atoms with Gasteiger partial charge in [-0.3, -0.25) is 19.7 Å². The first-order valence-electron chi connectivity index (χ1n) is 9.05. The van der Waals surface area contributed by atoms with E-state index in [1.165, 1.54) is 42.0 Å². The maximum Gasteiger partial charge on any atom is 0.338 e. The zero-order valence-corrected chi connectivity index (χ0v) is 17.4. The Kier molecular flexibility index (Phi) is 6.55. The molecule has 0 atom stereocenters. The molecule has 0 aliphatic heterocycles. The summed E-state index contributed by atoms with van der Waals surface area (Å²) in [5.74, 6) is -1.91. The lowest BCUT2D eigenvalue weighted by molar-refractivity contribution is -0.385. The summed E-state index contributed by atoms with van der Waals surface area (Å²) < 4.78 is 11.7. The Morgan fingerprint density at radius 1 is 1.19 bits per heavy atom. The number of methoxy groups -OCH3 is 1. The molecule has 11 heteroatoms. The number of rotatable bonds is 6. The summed E-state index contributed by atoms with van der Waals surface area (Å²) in [5, 5.41) is 11.2. The van der Waals surface area contributed by atoms with E-state index in [1.807, 2.05) is 0 Å². The van der Waals surface area contributed by atoms with Crippen molar-refractivity contribution in [2.24, 2.45) is 4.99 Å². The molecule has 0 saturated heterocycles. The van der Waals surface area contributed by atoms with Crippen LogP contribution >= 0.6 is 11.3 Å². The van der Waals surface area contributed by atoms with E-state index in [-0.39, 0.29) is 29.2 Å². The van der Waals surface area contributed by atoms with E-state index in [2.05, 4.69) is 4.99 Å². The number of para-hydroxylation sites is 1. The Labute approximate surface area is 179 Å². The molecule has 0 aliphatic carbocycles. The minimum Gasteiger partial charge on any atom is -0.468 e. The number of benzene rings is 2. The topological polar surface area (TPSA) is 130 Å². The van der Waals surface area contributed by atoms with E-state index < -0.39 is 22.8 Å². The maximum atomic E-state index is 12.7. The maximum absolute atomic E-state index is 12.7. The fourth-order valence-corrected chi connectivity index (χ4v) is 3.87. The lowest BCUT2D eigenvalue weighted by Crippen LogP contribution is -2.22. The number of carbonyl (C=O) groups excluding carboxylic acids is 3. The van der Waals surface area contributed by atoms with E-state index >= 15 is 0 Å². The first-order chi connectivity index (χ1) is 14.8. The van der Waals surface area contributed by atoms with Crippen molar-refractivity contribution in [1.82, 2.24) is 4.57 Å². The van der Waals surface area contributed by atoms with Crippen molar-refractivity contribution < 1.29 is 28.8 Å². The highest BCUT2D eigenvalue weighted by atomic mass is 32.1. The van der Waals surface area contributed by atoms with Crippen molar-refractivity contribution >= 4 is 45.1 Å². The number of hydrogen-bond acceptors (Lipinski definition) is 8. The first-order valence-corrected chi connectivity index (χ1v) is 9.87. The molecule has 0 bridgehead atoms. The van der Waals surface area contributed by atoms with Crippen LogP contribution in [-0.4, -0.2) is 41.1 Å². The summed E-state index contributed by atoms with van der Waals surface area (Å²) in [5.41, 5.74) is 0.290. The van der Waals surface area contributed by atoms with Crippen LogP contribution in [0.15, 0.2) is 47.5 Å². The van der Waals surface area contributed by atoms with Gasteiger partial charge in [0.1, 0.15) is 12.1 Å². The predicted octanol–water partition coefficient (Wildman–Crippen LogP) is 2.70. The number of amides is 1. The third kappa shape index (κ3) is 4.67. The van der Waals surface area contributed by atoms with Gasteiger partial charge in [-0.15, -0.1) is 0 Å². The van der Waals surface area contributed by atoms with Crippen LogP contribution < -0.4 is 4.80 Å². The highest BCUT2D eigenvalue weighted by molar-refractivity contribution is 7.16. The smallest absolute Gasteiger partial charge is 0.338 e. The number of esters is 2. The Morgan fingerprint density at radius 3 is 2.61 bits per heavy atom. The Hall–Kier alpha value is -3.86. The Morgan fingerprint density at radius 2 is 1.94 bits per heavy atom. The highest BCUT2D eigenvalue weighted by Gasteiger charge is 2.20. The zero-order valence-electron chi connectivity index (χ0n) is 16.6. The number of carbonyl (C=O) groups is 3. The van der Waals surface area contributed by atoms with Crippen molar-refractivity contribution in [3.63, 3.8) is 0 Å². The summed E-state index contributed by atoms with van der Waals surface area (Å²) in [4.78, 5) is 51.4. The minimum atomic E-state index is -0.830. The van der Waals surface area contributed by atoms with Gasteiger partial charge in [-0.1, -0.05) is 23.5 Å². The van der Waals surface area contributed by atoms with E-state index in [0.29, 0.717) is 15.8 Å². The average molecular weight is 443 g/mol. The molecule has 1 heterocycles. The van der Waals surface area contributed by atoms with Crippen LogP contribution in [0.25, 0.3) is 10.2 Å². The molecule has 0 N–H and O–H groups in total. The van der Waals surface area contributed by atoms with Crippen LogP contribution in [0.5, 0.6) is 0 Å². The molecule has 160 valence electrons. The molecule has 0 aliphatic rings. The third-order valence-corrected chi connectivity index (χ3v) is 5.28. The van der Waals surface area contributed by atoms with Crippen LogP contribution in [0.4, 0.5) is 5.69 Å². The second-order valence-electron chi connectivity index (χ2n) is 6.14. The van der Waals surface area contributed by atoms with E-state index in [4.69, 9.17) is 9.47 Å². The number of nitro groups is 1. The molecule has 0 spiro atoms. The standard InChI is InChI=1S/C20H17N3O7S/c1-3-30-19(26)12-8-9-15-16(10-12)31-20(22(15)11-17(24)29-2)21-18(25)13-6-4-5-7-14(13)23(27)28/h4-10H,3,11H2,1-2H3. The fourth-order valence-electron chi connectivity index (χ4n) is 2.81. The molecule has 2 aromatic carbocycles. The Balaban J connectivity index is 2.16. The quantitative estimate of drug-likeness (QED) is 0.325. The number of hydrogen-bond donors (Lipinski definition) is 0. The number of aromatic nitrogens is 1. The third-order valence-electron chi connectivity index (χ3n) is 4.24. The van der Waals surface area contributed by atoms with Gasteiger partial charge in [-0.05, 0) is 31.2 Å². The summed E-state index contributed by atoms with van der Waals surface area (Å²) in [6.07, 6.45) is 0. The van der Waals surface area contributed by atoms with E-state index in [9.17, 15) is 24.5 Å². The largest absolute Gasteiger partial charge is 0.468 e. The van der Waals surface area contributed by atoms with Crippen molar-refractivity contribution in [1.29, 1.82) is 0 Å². The average Bonchev–Trinajstić information content (AvgIpc) is 3.09. The normalized spacial score (nSPS) is 11.4. The van der Waals surface area contributed by atoms with Gasteiger partial charge in [-0.2, -0.15) is 4.99 Å². The molecular weight excluding hydrogens is 426 g/mol. The van der Waals surface area contributed by atoms with Gasteiger partial charge >= 0.3 is 11.9 Å². The molecule has 0 saturated carbocycles. The predicted molar refractivity (Wildman–Crippen MR) is 111 cm³/mol. The number of nitro benzene ring substituents is 1. The molecule has 0 fully saturated rings. The molecule has 1 aromatic heterocycles. The van der Waals surface area contributed by atoms with Crippen LogP contribution in [0.3, 0.4) is 0 Å². The molecule has 0 radical (unpaired) electrons. The number of ether oxygens (including phenoxy) is 2. The van der Waals surface area contributed by atoms with Crippen LogP contribution in [0, 0.1) is 10.1 Å². The van der Waals surface area contributed by atoms with Crippen molar-refractivity contribution in [2.75, 3.05) is 13.7 Å². The molecule has 31 heavy (non-hydrogen) atoms. The van der Waals surface area contributed by atoms with Gasteiger partial charge in [0.2, 0.25) is 0 Å². The van der Waals surface area contributed by atoms with Crippen LogP contribution in [0.1, 0.15) is 27.6 Å². The second kappa shape index (κ2) is 9.30. The minimum absolute atomic E-state index is 0.129. The van der Waals surface area contributed by atoms with Crippen molar-refractivity contribution in [3.05, 3.63) is 68.5 Å². The summed E-state index contributed by atoms with van der Waals surface area (Å²) in [7, 11) is 1.23. The molecule has 1 amide bonds. The second-order valence-corrected chi connectivity index (χ2v) is 7.15. The number of nitrogens with zero attached hydrogens (tertiary/aromatic N) is 3. The van der Waals surface area contributed by atoms with Gasteiger partial charge in [0, 0.05) is 6.07 Å². The number of thiazole rings is 1. The lowest BCUT2D eigenvalue weighted by Gasteiger charge is -2.05. The molecular formula is C20H17N3O7S. The summed E-state index contributed by atoms with van der Waals surface area (Å²) in [6, 6.07) is 10.2. The molecule has 0 unspecified atom stereocenters. The van der Waals surface area contributed by atoms with Gasteiger partial charge in [0.25, 0.3) is 11.6 Å². The van der Waals surface area contributed by atoms with Crippen LogP contribution in [0.2, 0.25) is 0 Å². The van der Waals surface area contributed by atoms with Gasteiger partial charge in [0.05, 0.1) is 34.4 Å². The summed E-state index contributed by atoms with van der Waals surface area (Å²) >= 11 is 1.05. The van der Waals surface area contributed by atoms with Crippen LogP contribution in [-0.2, 0) is 20.8 Å². The molecule has 3 aromatic rings. The number of fused-ring (bicyclic) bond motifs is 1. The summed E-state index contributed by atoms with van der Waals surface area (Å²) in [6.45, 7) is 1.67. The first kappa shape index (κ1) is 21.8. The van der Waals surface area contributed by atoms with Crippen molar-refractivity contribution in [3.8, 4) is 0 Å². The Bertz CT molecular complexity index is 1260. The monoisotopic (exact) mass is 443 g/mol. The van der Waals surface area contributed by atoms with Gasteiger partial charge < -0.3 is 14.0 Å².